The maximum atomic E-state index is 6.98. The third-order valence-corrected chi connectivity index (χ3v) is 7.74. The lowest BCUT2D eigenvalue weighted by molar-refractivity contribution is -0.0939. The minimum atomic E-state index is 0.0909. The largest absolute Gasteiger partial charge is 0.374 e. The van der Waals surface area contributed by atoms with Crippen LogP contribution in [0.1, 0.15) is 65.2 Å². The van der Waals surface area contributed by atoms with Crippen LogP contribution in [0.3, 0.4) is 0 Å². The minimum absolute atomic E-state index is 0.0909. The van der Waals surface area contributed by atoms with Gasteiger partial charge in [-0.1, -0.05) is 26.7 Å². The van der Waals surface area contributed by atoms with E-state index in [-0.39, 0.29) is 11.1 Å². The molecule has 1 aliphatic carbocycles. The average Bonchev–Trinajstić information content (AvgIpc) is 2.79. The van der Waals surface area contributed by atoms with E-state index in [9.17, 15) is 0 Å². The van der Waals surface area contributed by atoms with E-state index >= 15 is 0 Å². The average molecular weight is 312 g/mol. The predicted molar refractivity (Wildman–Crippen MR) is 91.7 cm³/mol. The fourth-order valence-electron chi connectivity index (χ4n) is 4.87. The van der Waals surface area contributed by atoms with Gasteiger partial charge < -0.3 is 10.5 Å². The van der Waals surface area contributed by atoms with Crippen LogP contribution in [0, 0.1) is 17.8 Å². The van der Waals surface area contributed by atoms with Gasteiger partial charge in [-0.05, 0) is 62.0 Å². The summed E-state index contributed by atoms with van der Waals surface area (Å²) in [5.41, 5.74) is 7.26. The first-order chi connectivity index (χ1) is 10.0. The van der Waals surface area contributed by atoms with Gasteiger partial charge >= 0.3 is 0 Å². The molecule has 1 spiro atoms. The summed E-state index contributed by atoms with van der Waals surface area (Å²) < 4.78 is 6.21. The van der Waals surface area contributed by atoms with Gasteiger partial charge in [0.25, 0.3) is 0 Å². The Morgan fingerprint density at radius 1 is 1.14 bits per heavy atom. The van der Waals surface area contributed by atoms with Crippen molar-refractivity contribution in [1.29, 1.82) is 0 Å². The van der Waals surface area contributed by atoms with E-state index in [0.717, 1.165) is 18.4 Å². The Labute approximate surface area is 135 Å². The van der Waals surface area contributed by atoms with Crippen LogP contribution in [0.4, 0.5) is 0 Å². The fourth-order valence-corrected chi connectivity index (χ4v) is 6.25. The van der Waals surface area contributed by atoms with Crippen LogP contribution in [-0.4, -0.2) is 29.3 Å². The van der Waals surface area contributed by atoms with Gasteiger partial charge in [-0.15, -0.1) is 0 Å². The van der Waals surface area contributed by atoms with E-state index in [1.165, 1.54) is 62.9 Å². The quantitative estimate of drug-likeness (QED) is 0.775. The van der Waals surface area contributed by atoms with E-state index < -0.39 is 0 Å². The molecule has 0 amide bonds. The molecule has 3 rings (SSSR count). The van der Waals surface area contributed by atoms with Gasteiger partial charge in [-0.25, -0.2) is 0 Å². The second kappa shape index (κ2) is 6.41. The minimum Gasteiger partial charge on any atom is -0.374 e. The molecule has 0 bridgehead atoms. The molecule has 0 aromatic rings. The van der Waals surface area contributed by atoms with Crippen LogP contribution in [0.15, 0.2) is 0 Å². The second-order valence-electron chi connectivity index (χ2n) is 8.19. The zero-order chi connectivity index (χ0) is 14.9. The van der Waals surface area contributed by atoms with Crippen molar-refractivity contribution in [3.63, 3.8) is 0 Å². The van der Waals surface area contributed by atoms with Crippen LogP contribution < -0.4 is 5.73 Å². The van der Waals surface area contributed by atoms with Crippen molar-refractivity contribution in [1.82, 2.24) is 0 Å². The van der Waals surface area contributed by atoms with E-state index in [2.05, 4.69) is 25.6 Å². The molecule has 4 atom stereocenters. The van der Waals surface area contributed by atoms with Gasteiger partial charge in [0.1, 0.15) is 0 Å². The molecular weight excluding hydrogens is 278 g/mol. The van der Waals surface area contributed by atoms with E-state index in [1.54, 1.807) is 0 Å². The van der Waals surface area contributed by atoms with Crippen LogP contribution in [0.25, 0.3) is 0 Å². The van der Waals surface area contributed by atoms with Gasteiger partial charge in [0.15, 0.2) is 0 Å². The summed E-state index contributed by atoms with van der Waals surface area (Å²) in [7, 11) is 0. The van der Waals surface area contributed by atoms with Crippen LogP contribution in [-0.2, 0) is 4.74 Å². The summed E-state index contributed by atoms with van der Waals surface area (Å²) in [6.45, 7) is 5.71. The standard InChI is InChI=1S/C18H33NOS/c1-14(2)15-4-3-7-18(19,8-5-15)16-6-10-20-17(12-16)9-11-21-13-17/h14-16H,3-13,19H2,1-2H3. The SMILES string of the molecule is CC(C)C1CCCC(N)(C2CCOC3(CCSC3)C2)CC1. The van der Waals surface area contributed by atoms with Gasteiger partial charge in [-0.2, -0.15) is 11.8 Å². The number of ether oxygens (including phenoxy) is 1. The zero-order valence-corrected chi connectivity index (χ0v) is 14.7. The molecule has 2 nitrogen and oxygen atoms in total. The second-order valence-corrected chi connectivity index (χ2v) is 9.30. The summed E-state index contributed by atoms with van der Waals surface area (Å²) in [5, 5.41) is 0. The highest BCUT2D eigenvalue weighted by Crippen LogP contribution is 2.46. The normalized spacial score (nSPS) is 45.1. The first kappa shape index (κ1) is 16.1. The van der Waals surface area contributed by atoms with Gasteiger partial charge in [0, 0.05) is 17.9 Å². The van der Waals surface area contributed by atoms with Crippen molar-refractivity contribution < 1.29 is 4.74 Å². The third kappa shape index (κ3) is 3.45. The molecule has 21 heavy (non-hydrogen) atoms. The molecular formula is C18H33NOS. The van der Waals surface area contributed by atoms with Crippen molar-refractivity contribution >= 4 is 11.8 Å². The van der Waals surface area contributed by atoms with Crippen molar-refractivity contribution in [3.05, 3.63) is 0 Å². The van der Waals surface area contributed by atoms with Crippen LogP contribution >= 0.6 is 11.8 Å². The van der Waals surface area contributed by atoms with Gasteiger partial charge in [-0.3, -0.25) is 0 Å². The molecule has 4 unspecified atom stereocenters. The molecule has 2 aliphatic heterocycles. The van der Waals surface area contributed by atoms with Crippen LogP contribution in [0.2, 0.25) is 0 Å². The lowest BCUT2D eigenvalue weighted by Crippen LogP contribution is -2.53. The Bertz CT molecular complexity index is 353. The molecule has 0 radical (unpaired) electrons. The summed E-state index contributed by atoms with van der Waals surface area (Å²) in [6.07, 6.45) is 10.2. The van der Waals surface area contributed by atoms with Crippen molar-refractivity contribution in [2.45, 2.75) is 76.4 Å². The van der Waals surface area contributed by atoms with E-state index in [1.807, 2.05) is 0 Å². The Morgan fingerprint density at radius 2 is 2.00 bits per heavy atom. The predicted octanol–water partition coefficient (Wildman–Crippen LogP) is 4.22. The summed E-state index contributed by atoms with van der Waals surface area (Å²) in [5.74, 6) is 4.88. The van der Waals surface area contributed by atoms with Gasteiger partial charge in [0.2, 0.25) is 0 Å². The maximum absolute atomic E-state index is 6.98. The molecule has 2 N–H and O–H groups in total. The number of rotatable bonds is 2. The third-order valence-electron chi connectivity index (χ3n) is 6.51. The maximum Gasteiger partial charge on any atom is 0.0783 e. The molecule has 0 aromatic carbocycles. The van der Waals surface area contributed by atoms with Crippen molar-refractivity contribution in [2.75, 3.05) is 18.1 Å². The number of nitrogens with two attached hydrogens (primary N) is 1. The molecule has 2 saturated heterocycles. The number of thioether (sulfide) groups is 1. The fraction of sp³-hybridized carbons (Fsp3) is 1.00. The first-order valence-corrected chi connectivity index (χ1v) is 10.2. The van der Waals surface area contributed by atoms with Crippen molar-refractivity contribution in [2.24, 2.45) is 23.5 Å². The van der Waals surface area contributed by atoms with Crippen LogP contribution in [0.5, 0.6) is 0 Å². The summed E-state index contributed by atoms with van der Waals surface area (Å²) in [6, 6.07) is 0. The Kier molecular flexibility index (Phi) is 4.93. The highest BCUT2D eigenvalue weighted by atomic mass is 32.2. The zero-order valence-electron chi connectivity index (χ0n) is 13.9. The molecule has 2 heterocycles. The summed E-state index contributed by atoms with van der Waals surface area (Å²) >= 11 is 2.07. The molecule has 3 heteroatoms. The van der Waals surface area contributed by atoms with E-state index in [0.29, 0.717) is 5.92 Å². The Balaban J connectivity index is 1.66. The molecule has 122 valence electrons. The lowest BCUT2D eigenvalue weighted by Gasteiger charge is -2.46. The van der Waals surface area contributed by atoms with Crippen molar-refractivity contribution in [3.8, 4) is 0 Å². The molecule has 0 aromatic heterocycles. The highest BCUT2D eigenvalue weighted by molar-refractivity contribution is 7.99. The lowest BCUT2D eigenvalue weighted by atomic mass is 9.70. The van der Waals surface area contributed by atoms with Gasteiger partial charge in [0.05, 0.1) is 5.60 Å². The highest BCUT2D eigenvalue weighted by Gasteiger charge is 2.46. The molecule has 3 aliphatic rings. The summed E-state index contributed by atoms with van der Waals surface area (Å²) in [4.78, 5) is 0. The Hall–Kier alpha value is 0.270. The molecule has 1 saturated carbocycles. The van der Waals surface area contributed by atoms with E-state index in [4.69, 9.17) is 10.5 Å². The monoisotopic (exact) mass is 311 g/mol. The smallest absolute Gasteiger partial charge is 0.0783 e. The first-order valence-electron chi connectivity index (χ1n) is 9.04. The number of hydrogen-bond donors (Lipinski definition) is 1. The molecule has 3 fully saturated rings. The number of hydrogen-bond acceptors (Lipinski definition) is 3. The topological polar surface area (TPSA) is 35.2 Å². The Morgan fingerprint density at radius 3 is 2.71 bits per heavy atom.